The first-order valence-electron chi connectivity index (χ1n) is 8.69. The third kappa shape index (κ3) is 5.97. The molecule has 4 nitrogen and oxygen atoms in total. The van der Waals surface area contributed by atoms with Gasteiger partial charge in [-0.2, -0.15) is 5.10 Å². The number of carbonyl (C=O) groups is 1. The quantitative estimate of drug-likeness (QED) is 0.356. The summed E-state index contributed by atoms with van der Waals surface area (Å²) in [6.45, 7) is 2.28. The maximum atomic E-state index is 12.1. The molecule has 0 aliphatic heterocycles. The Morgan fingerprint density at radius 1 is 0.966 bits per heavy atom. The fourth-order valence-electron chi connectivity index (χ4n) is 2.48. The van der Waals surface area contributed by atoms with Crippen molar-refractivity contribution in [1.29, 1.82) is 0 Å². The predicted molar refractivity (Wildman–Crippen MR) is 118 cm³/mol. The average Bonchev–Trinajstić information content (AvgIpc) is 2.70. The van der Waals surface area contributed by atoms with Gasteiger partial charge >= 0.3 is 0 Å². The summed E-state index contributed by atoms with van der Waals surface area (Å²) in [5.41, 5.74) is 5.56. The number of ether oxygens (including phenoxy) is 1. The van der Waals surface area contributed by atoms with Gasteiger partial charge in [-0.3, -0.25) is 4.79 Å². The minimum atomic E-state index is -0.368. The topological polar surface area (TPSA) is 50.7 Å². The van der Waals surface area contributed by atoms with Gasteiger partial charge in [0.1, 0.15) is 12.4 Å². The van der Waals surface area contributed by atoms with Crippen LogP contribution in [-0.2, 0) is 6.61 Å². The summed E-state index contributed by atoms with van der Waals surface area (Å²) in [4.78, 5) is 12.1. The number of hydrogen-bond acceptors (Lipinski definition) is 3. The van der Waals surface area contributed by atoms with Crippen LogP contribution in [0.1, 0.15) is 27.0 Å². The maximum absolute atomic E-state index is 12.1. The molecule has 0 radical (unpaired) electrons. The van der Waals surface area contributed by atoms with E-state index in [9.17, 15) is 4.79 Å². The number of carbonyl (C=O) groups excluding carboxylic acids is 1. The molecular weight excluding hydrogens is 431 g/mol. The zero-order chi connectivity index (χ0) is 20.8. The second kappa shape index (κ2) is 9.79. The number of nitrogens with one attached hydrogen (secondary N) is 1. The predicted octanol–water partition coefficient (Wildman–Crippen LogP) is 6.30. The molecule has 0 saturated carbocycles. The monoisotopic (exact) mass is 446 g/mol. The van der Waals surface area contributed by atoms with Gasteiger partial charge < -0.3 is 4.74 Å². The van der Waals surface area contributed by atoms with E-state index in [4.69, 9.17) is 39.5 Å². The van der Waals surface area contributed by atoms with Crippen molar-refractivity contribution in [3.05, 3.63) is 98.0 Å². The molecule has 3 aromatic rings. The Bertz CT molecular complexity index is 1050. The Hall–Kier alpha value is -2.53. The SMILES string of the molecule is Cc1ccc(C(=O)N/N=C\c2ccc(OCc3ccc(Cl)c(Cl)c3)cc2)c(Cl)c1. The molecule has 0 aliphatic carbocycles. The van der Waals surface area contributed by atoms with Crippen LogP contribution in [0.25, 0.3) is 0 Å². The highest BCUT2D eigenvalue weighted by atomic mass is 35.5. The van der Waals surface area contributed by atoms with Crippen molar-refractivity contribution >= 4 is 46.9 Å². The lowest BCUT2D eigenvalue weighted by atomic mass is 10.1. The fourth-order valence-corrected chi connectivity index (χ4v) is 3.12. The van der Waals surface area contributed by atoms with Gasteiger partial charge in [-0.05, 0) is 72.1 Å². The van der Waals surface area contributed by atoms with Gasteiger partial charge in [0.15, 0.2) is 0 Å². The summed E-state index contributed by atoms with van der Waals surface area (Å²) in [7, 11) is 0. The van der Waals surface area contributed by atoms with Crippen molar-refractivity contribution in [2.75, 3.05) is 0 Å². The second-order valence-corrected chi connectivity index (χ2v) is 7.51. The van der Waals surface area contributed by atoms with Crippen molar-refractivity contribution in [2.24, 2.45) is 5.10 Å². The molecule has 0 bridgehead atoms. The van der Waals surface area contributed by atoms with Crippen LogP contribution in [0.4, 0.5) is 0 Å². The molecule has 1 amide bonds. The highest BCUT2D eigenvalue weighted by Gasteiger charge is 2.09. The summed E-state index contributed by atoms with van der Waals surface area (Å²) >= 11 is 18.0. The van der Waals surface area contributed by atoms with Gasteiger partial charge in [-0.1, -0.05) is 46.9 Å². The summed E-state index contributed by atoms with van der Waals surface area (Å²) < 4.78 is 5.73. The van der Waals surface area contributed by atoms with E-state index in [1.165, 1.54) is 0 Å². The van der Waals surface area contributed by atoms with Crippen LogP contribution in [-0.4, -0.2) is 12.1 Å². The van der Waals surface area contributed by atoms with Gasteiger partial charge in [0, 0.05) is 0 Å². The normalized spacial score (nSPS) is 10.9. The van der Waals surface area contributed by atoms with Crippen LogP contribution < -0.4 is 10.2 Å². The summed E-state index contributed by atoms with van der Waals surface area (Å²) in [5, 5.41) is 5.37. The molecule has 0 atom stereocenters. The zero-order valence-electron chi connectivity index (χ0n) is 15.5. The van der Waals surface area contributed by atoms with Crippen LogP contribution in [0.2, 0.25) is 15.1 Å². The first-order chi connectivity index (χ1) is 13.9. The van der Waals surface area contributed by atoms with Crippen molar-refractivity contribution in [2.45, 2.75) is 13.5 Å². The Morgan fingerprint density at radius 3 is 2.41 bits per heavy atom. The van der Waals surface area contributed by atoms with Gasteiger partial charge in [0.05, 0.1) is 26.8 Å². The summed E-state index contributed by atoms with van der Waals surface area (Å²) in [5.74, 6) is 0.330. The lowest BCUT2D eigenvalue weighted by Crippen LogP contribution is -2.18. The van der Waals surface area contributed by atoms with Crippen LogP contribution in [0.5, 0.6) is 5.75 Å². The first-order valence-corrected chi connectivity index (χ1v) is 9.82. The molecule has 0 fully saturated rings. The molecule has 3 rings (SSSR count). The number of amides is 1. The maximum Gasteiger partial charge on any atom is 0.272 e. The Labute approximate surface area is 184 Å². The van der Waals surface area contributed by atoms with Crippen molar-refractivity contribution in [3.8, 4) is 5.75 Å². The standard InChI is InChI=1S/C22H17Cl3N2O2/c1-14-2-8-18(20(24)10-14)22(28)27-26-12-15-3-6-17(7-4-15)29-13-16-5-9-19(23)21(25)11-16/h2-12H,13H2,1H3,(H,27,28)/b26-12-. The van der Waals surface area contributed by atoms with Gasteiger partial charge in [-0.15, -0.1) is 0 Å². The smallest absolute Gasteiger partial charge is 0.272 e. The van der Waals surface area contributed by atoms with Gasteiger partial charge in [-0.25, -0.2) is 5.43 Å². The van der Waals surface area contributed by atoms with E-state index in [1.54, 1.807) is 30.5 Å². The number of halogens is 3. The van der Waals surface area contributed by atoms with Crippen molar-refractivity contribution in [3.63, 3.8) is 0 Å². The van der Waals surface area contributed by atoms with Crippen LogP contribution in [0.15, 0.2) is 65.8 Å². The van der Waals surface area contributed by atoms with Crippen LogP contribution in [0, 0.1) is 6.92 Å². The van der Waals surface area contributed by atoms with E-state index in [0.717, 1.165) is 16.7 Å². The van der Waals surface area contributed by atoms with Crippen LogP contribution in [0.3, 0.4) is 0 Å². The molecule has 0 saturated heterocycles. The molecule has 0 heterocycles. The van der Waals surface area contributed by atoms with E-state index in [-0.39, 0.29) is 5.91 Å². The number of benzene rings is 3. The molecule has 0 spiro atoms. The average molecular weight is 448 g/mol. The van der Waals surface area contributed by atoms with Crippen LogP contribution >= 0.6 is 34.8 Å². The fraction of sp³-hybridized carbons (Fsp3) is 0.0909. The minimum Gasteiger partial charge on any atom is -0.489 e. The molecule has 0 unspecified atom stereocenters. The van der Waals surface area contributed by atoms with E-state index >= 15 is 0 Å². The van der Waals surface area contributed by atoms with E-state index in [2.05, 4.69) is 10.5 Å². The van der Waals surface area contributed by atoms with E-state index < -0.39 is 0 Å². The molecule has 3 aromatic carbocycles. The zero-order valence-corrected chi connectivity index (χ0v) is 17.7. The van der Waals surface area contributed by atoms with Crippen molar-refractivity contribution < 1.29 is 9.53 Å². The minimum absolute atomic E-state index is 0.368. The third-order valence-electron chi connectivity index (χ3n) is 4.02. The Morgan fingerprint density at radius 2 is 1.72 bits per heavy atom. The number of nitrogens with zero attached hydrogens (tertiary/aromatic N) is 1. The Kier molecular flexibility index (Phi) is 7.15. The Balaban J connectivity index is 1.54. The highest BCUT2D eigenvalue weighted by Crippen LogP contribution is 2.23. The summed E-state index contributed by atoms with van der Waals surface area (Å²) in [6, 6.07) is 17.9. The lowest BCUT2D eigenvalue weighted by molar-refractivity contribution is 0.0955. The lowest BCUT2D eigenvalue weighted by Gasteiger charge is -2.07. The van der Waals surface area contributed by atoms with Gasteiger partial charge in [0.25, 0.3) is 5.91 Å². The molecule has 7 heteroatoms. The largest absolute Gasteiger partial charge is 0.489 e. The number of hydrazone groups is 1. The third-order valence-corrected chi connectivity index (χ3v) is 5.07. The van der Waals surface area contributed by atoms with Crippen molar-refractivity contribution in [1.82, 2.24) is 5.43 Å². The second-order valence-electron chi connectivity index (χ2n) is 6.29. The molecule has 148 valence electrons. The molecule has 1 N–H and O–H groups in total. The highest BCUT2D eigenvalue weighted by molar-refractivity contribution is 6.42. The summed E-state index contributed by atoms with van der Waals surface area (Å²) in [6.07, 6.45) is 1.54. The number of aryl methyl sites for hydroxylation is 1. The van der Waals surface area contributed by atoms with E-state index in [0.29, 0.717) is 33.0 Å². The number of rotatable bonds is 6. The first kappa shape index (κ1) is 21.2. The number of hydrogen-bond donors (Lipinski definition) is 1. The molecule has 29 heavy (non-hydrogen) atoms. The molecular formula is C22H17Cl3N2O2. The molecule has 0 aliphatic rings. The van der Waals surface area contributed by atoms with E-state index in [1.807, 2.05) is 43.3 Å². The molecule has 0 aromatic heterocycles. The van der Waals surface area contributed by atoms with Gasteiger partial charge in [0.2, 0.25) is 0 Å².